The van der Waals surface area contributed by atoms with E-state index >= 15 is 0 Å². The maximum absolute atomic E-state index is 13.2. The Morgan fingerprint density at radius 1 is 1.07 bits per heavy atom. The van der Waals surface area contributed by atoms with Crippen LogP contribution < -0.4 is 20.3 Å². The predicted molar refractivity (Wildman–Crippen MR) is 105 cm³/mol. The molecule has 146 valence electrons. The molecule has 1 saturated heterocycles. The molecule has 2 atom stereocenters. The Morgan fingerprint density at radius 2 is 1.82 bits per heavy atom. The highest BCUT2D eigenvalue weighted by Gasteiger charge is 2.30. The van der Waals surface area contributed by atoms with E-state index in [-0.39, 0.29) is 17.9 Å². The van der Waals surface area contributed by atoms with Crippen molar-refractivity contribution in [2.45, 2.75) is 18.5 Å². The topological polar surface area (TPSA) is 76.1 Å². The van der Waals surface area contributed by atoms with Gasteiger partial charge in [-0.15, -0.1) is 0 Å². The molecule has 7 nitrogen and oxygen atoms in total. The third-order valence-electron chi connectivity index (χ3n) is 4.81. The van der Waals surface area contributed by atoms with E-state index in [0.29, 0.717) is 22.1 Å². The number of hydrogen-bond acceptors (Lipinski definition) is 6. The first kappa shape index (κ1) is 18.6. The van der Waals surface area contributed by atoms with Crippen LogP contribution in [0.5, 0.6) is 11.5 Å². The van der Waals surface area contributed by atoms with Gasteiger partial charge in [-0.2, -0.15) is 5.10 Å². The number of hydrogen-bond donors (Lipinski definition) is 3. The third kappa shape index (κ3) is 3.39. The minimum Gasteiger partial charge on any atom is -0.497 e. The minimum absolute atomic E-state index is 0.0246. The van der Waals surface area contributed by atoms with Crippen LogP contribution in [0.4, 0.5) is 4.39 Å². The maximum Gasteiger partial charge on any atom is 0.200 e. The molecule has 0 bridgehead atoms. The van der Waals surface area contributed by atoms with Gasteiger partial charge in [0.1, 0.15) is 17.3 Å². The number of aromatic amines is 1. The molecule has 4 rings (SSSR count). The molecule has 0 spiro atoms. The molecule has 1 fully saturated rings. The highest BCUT2D eigenvalue weighted by atomic mass is 32.1. The second kappa shape index (κ2) is 7.70. The Kier molecular flexibility index (Phi) is 5.12. The van der Waals surface area contributed by atoms with E-state index in [1.165, 1.54) is 12.1 Å². The molecule has 0 saturated carbocycles. The Balaban J connectivity index is 1.68. The number of nitrogens with one attached hydrogen (secondary N) is 3. The van der Waals surface area contributed by atoms with Crippen molar-refractivity contribution in [2.24, 2.45) is 0 Å². The van der Waals surface area contributed by atoms with Crippen LogP contribution >= 0.6 is 12.2 Å². The van der Waals surface area contributed by atoms with Crippen LogP contribution in [0, 0.1) is 10.6 Å². The minimum atomic E-state index is -0.253. The molecule has 0 amide bonds. The highest BCUT2D eigenvalue weighted by Crippen LogP contribution is 2.34. The van der Waals surface area contributed by atoms with Gasteiger partial charge in [-0.05, 0) is 48.5 Å². The van der Waals surface area contributed by atoms with Crippen molar-refractivity contribution >= 4 is 12.2 Å². The number of aromatic nitrogens is 3. The second-order valence-electron chi connectivity index (χ2n) is 6.44. The molecule has 2 unspecified atom stereocenters. The van der Waals surface area contributed by atoms with E-state index in [1.54, 1.807) is 26.4 Å². The standard InChI is InChI=1S/C19H20FN5O2S/c1-26-13-7-8-17(27-2)16(9-13)25-18(23-24-19(25)28)15-10-14(21-22-15)11-3-5-12(20)6-4-11/h3-9,14-15,21-22H,10H2,1-2H3,(H,24,28). The summed E-state index contributed by atoms with van der Waals surface area (Å²) in [5.74, 6) is 1.80. The van der Waals surface area contributed by atoms with Crippen molar-refractivity contribution in [1.82, 2.24) is 25.6 Å². The summed E-state index contributed by atoms with van der Waals surface area (Å²) in [5.41, 5.74) is 8.25. The van der Waals surface area contributed by atoms with Crippen molar-refractivity contribution in [1.29, 1.82) is 0 Å². The first-order valence-electron chi connectivity index (χ1n) is 8.77. The van der Waals surface area contributed by atoms with Gasteiger partial charge < -0.3 is 9.47 Å². The van der Waals surface area contributed by atoms with Gasteiger partial charge >= 0.3 is 0 Å². The lowest BCUT2D eigenvalue weighted by Gasteiger charge is -2.15. The quantitative estimate of drug-likeness (QED) is 0.569. The van der Waals surface area contributed by atoms with E-state index in [4.69, 9.17) is 21.7 Å². The van der Waals surface area contributed by atoms with Gasteiger partial charge in [-0.3, -0.25) is 9.67 Å². The van der Waals surface area contributed by atoms with Crippen LogP contribution in [-0.4, -0.2) is 29.0 Å². The molecular formula is C19H20FN5O2S. The molecule has 2 aromatic carbocycles. The molecule has 28 heavy (non-hydrogen) atoms. The zero-order valence-corrected chi connectivity index (χ0v) is 16.2. The zero-order chi connectivity index (χ0) is 19.7. The van der Waals surface area contributed by atoms with Gasteiger partial charge in [0.25, 0.3) is 0 Å². The summed E-state index contributed by atoms with van der Waals surface area (Å²) in [7, 11) is 3.21. The Morgan fingerprint density at radius 3 is 2.54 bits per heavy atom. The van der Waals surface area contributed by atoms with Crippen LogP contribution in [0.25, 0.3) is 5.69 Å². The number of benzene rings is 2. The molecule has 0 aliphatic carbocycles. The van der Waals surface area contributed by atoms with Gasteiger partial charge in [0.2, 0.25) is 0 Å². The van der Waals surface area contributed by atoms with E-state index < -0.39 is 0 Å². The lowest BCUT2D eigenvalue weighted by molar-refractivity contribution is 0.400. The molecule has 3 N–H and O–H groups in total. The summed E-state index contributed by atoms with van der Waals surface area (Å²) in [4.78, 5) is 0. The summed E-state index contributed by atoms with van der Waals surface area (Å²) < 4.78 is 26.4. The number of hydrazine groups is 1. The van der Waals surface area contributed by atoms with Crippen molar-refractivity contribution in [2.75, 3.05) is 14.2 Å². The third-order valence-corrected chi connectivity index (χ3v) is 5.09. The summed E-state index contributed by atoms with van der Waals surface area (Å²) >= 11 is 5.47. The molecular weight excluding hydrogens is 381 g/mol. The number of H-pyrrole nitrogens is 1. The second-order valence-corrected chi connectivity index (χ2v) is 6.83. The van der Waals surface area contributed by atoms with E-state index in [2.05, 4.69) is 21.0 Å². The van der Waals surface area contributed by atoms with Crippen molar-refractivity contribution in [3.05, 3.63) is 64.4 Å². The average Bonchev–Trinajstić information content (AvgIpc) is 3.34. The number of halogens is 1. The molecule has 3 aromatic rings. The zero-order valence-electron chi connectivity index (χ0n) is 15.4. The summed E-state index contributed by atoms with van der Waals surface area (Å²) in [6.45, 7) is 0. The average molecular weight is 401 g/mol. The van der Waals surface area contributed by atoms with Gasteiger partial charge in [-0.25, -0.2) is 15.2 Å². The first-order chi connectivity index (χ1) is 13.6. The van der Waals surface area contributed by atoms with Gasteiger partial charge in [0, 0.05) is 12.1 Å². The van der Waals surface area contributed by atoms with E-state index in [9.17, 15) is 4.39 Å². The smallest absolute Gasteiger partial charge is 0.200 e. The summed E-state index contributed by atoms with van der Waals surface area (Å²) in [6.07, 6.45) is 0.720. The number of nitrogens with zero attached hydrogens (tertiary/aromatic N) is 2. The van der Waals surface area contributed by atoms with Crippen molar-refractivity contribution in [3.8, 4) is 17.2 Å². The van der Waals surface area contributed by atoms with E-state index in [1.807, 2.05) is 22.8 Å². The van der Waals surface area contributed by atoms with Gasteiger partial charge in [-0.1, -0.05) is 12.1 Å². The normalized spacial score (nSPS) is 19.0. The molecule has 0 radical (unpaired) electrons. The van der Waals surface area contributed by atoms with Crippen LogP contribution in [0.15, 0.2) is 42.5 Å². The van der Waals surface area contributed by atoms with Crippen LogP contribution in [0.3, 0.4) is 0 Å². The van der Waals surface area contributed by atoms with Crippen LogP contribution in [0.2, 0.25) is 0 Å². The summed E-state index contributed by atoms with van der Waals surface area (Å²) in [6, 6.07) is 11.9. The fourth-order valence-corrected chi connectivity index (χ4v) is 3.62. The molecule has 2 heterocycles. The molecule has 1 aliphatic heterocycles. The fraction of sp³-hybridized carbons (Fsp3) is 0.263. The molecule has 1 aromatic heterocycles. The maximum atomic E-state index is 13.2. The van der Waals surface area contributed by atoms with E-state index in [0.717, 1.165) is 17.7 Å². The SMILES string of the molecule is COc1ccc(OC)c(-n2c(C3CC(c4ccc(F)cc4)NN3)n[nH]c2=S)c1. The van der Waals surface area contributed by atoms with Crippen molar-refractivity contribution < 1.29 is 13.9 Å². The van der Waals surface area contributed by atoms with Crippen LogP contribution in [-0.2, 0) is 0 Å². The Labute approximate surface area is 166 Å². The lowest BCUT2D eigenvalue weighted by atomic mass is 10.0. The monoisotopic (exact) mass is 401 g/mol. The fourth-order valence-electron chi connectivity index (χ4n) is 3.39. The number of ether oxygens (including phenoxy) is 2. The number of methoxy groups -OCH3 is 2. The largest absolute Gasteiger partial charge is 0.497 e. The number of rotatable bonds is 5. The Hall–Kier alpha value is -2.75. The van der Waals surface area contributed by atoms with Crippen molar-refractivity contribution in [3.63, 3.8) is 0 Å². The van der Waals surface area contributed by atoms with Gasteiger partial charge in [0.05, 0.1) is 25.9 Å². The first-order valence-corrected chi connectivity index (χ1v) is 9.17. The predicted octanol–water partition coefficient (Wildman–Crippen LogP) is 3.37. The van der Waals surface area contributed by atoms with Crippen LogP contribution in [0.1, 0.15) is 29.9 Å². The summed E-state index contributed by atoms with van der Waals surface area (Å²) in [5, 5.41) is 7.30. The Bertz CT molecular complexity index is 1030. The van der Waals surface area contributed by atoms with Gasteiger partial charge in [0.15, 0.2) is 10.6 Å². The molecule has 1 aliphatic rings. The molecule has 9 heteroatoms. The highest BCUT2D eigenvalue weighted by molar-refractivity contribution is 7.71. The lowest BCUT2D eigenvalue weighted by Crippen LogP contribution is -2.28.